The van der Waals surface area contributed by atoms with Gasteiger partial charge in [0.05, 0.1) is 12.3 Å². The van der Waals surface area contributed by atoms with Crippen LogP contribution in [-0.4, -0.2) is 18.0 Å². The fourth-order valence-corrected chi connectivity index (χ4v) is 0.895. The zero-order valence-corrected chi connectivity index (χ0v) is 7.28. The highest BCUT2D eigenvalue weighted by Crippen LogP contribution is 2.01. The minimum absolute atomic E-state index is 0.155. The van der Waals surface area contributed by atoms with Crippen molar-refractivity contribution in [2.45, 2.75) is 6.61 Å². The second-order valence-electron chi connectivity index (χ2n) is 2.39. The van der Waals surface area contributed by atoms with Gasteiger partial charge in [0, 0.05) is 7.11 Å². The van der Waals surface area contributed by atoms with Gasteiger partial charge < -0.3 is 9.57 Å². The Labute approximate surface area is 76.0 Å². The van der Waals surface area contributed by atoms with Crippen LogP contribution in [-0.2, 0) is 16.2 Å². The van der Waals surface area contributed by atoms with Crippen molar-refractivity contribution >= 4 is 5.90 Å². The summed E-state index contributed by atoms with van der Waals surface area (Å²) in [6, 6.07) is 5.22. The van der Waals surface area contributed by atoms with Gasteiger partial charge >= 0.3 is 0 Å². The lowest BCUT2D eigenvalue weighted by Crippen LogP contribution is -2.12. The lowest BCUT2D eigenvalue weighted by Gasteiger charge is -2.02. The molecule has 1 rings (SSSR count). The van der Waals surface area contributed by atoms with E-state index in [1.54, 1.807) is 25.3 Å². The van der Waals surface area contributed by atoms with E-state index in [4.69, 9.17) is 16.0 Å². The van der Waals surface area contributed by atoms with Crippen LogP contribution in [0.4, 0.5) is 0 Å². The molecule has 0 saturated heterocycles. The topological polar surface area (TPSA) is 81.2 Å². The van der Waals surface area contributed by atoms with Crippen LogP contribution in [0.15, 0.2) is 18.2 Å². The number of rotatable bonds is 3. The third-order valence-electron chi connectivity index (χ3n) is 1.45. The van der Waals surface area contributed by atoms with Crippen molar-refractivity contribution in [2.75, 3.05) is 7.11 Å². The van der Waals surface area contributed by atoms with Crippen molar-refractivity contribution in [3.05, 3.63) is 29.6 Å². The molecule has 5 heteroatoms. The van der Waals surface area contributed by atoms with Crippen LogP contribution >= 0.6 is 0 Å². The zero-order chi connectivity index (χ0) is 9.68. The number of hydrogen-bond donors (Lipinski definition) is 2. The van der Waals surface area contributed by atoms with Crippen LogP contribution in [0.3, 0.4) is 0 Å². The summed E-state index contributed by atoms with van der Waals surface area (Å²) < 4.78 is 4.89. The molecule has 13 heavy (non-hydrogen) atoms. The minimum Gasteiger partial charge on any atom is -0.389 e. The zero-order valence-electron chi connectivity index (χ0n) is 7.28. The Hall–Kier alpha value is -1.46. The van der Waals surface area contributed by atoms with E-state index in [9.17, 15) is 0 Å². The predicted octanol–water partition coefficient (Wildman–Crippen LogP) is 0.444. The molecule has 0 fully saturated rings. The van der Waals surface area contributed by atoms with Gasteiger partial charge in [0.2, 0.25) is 0 Å². The van der Waals surface area contributed by atoms with Crippen LogP contribution in [0, 0.1) is 5.41 Å². The molecule has 0 saturated carbocycles. The van der Waals surface area contributed by atoms with Crippen molar-refractivity contribution in [2.24, 2.45) is 5.90 Å². The molecule has 0 bridgehead atoms. The lowest BCUT2D eigenvalue weighted by atomic mass is 10.3. The van der Waals surface area contributed by atoms with E-state index >= 15 is 0 Å². The number of hydrogen-bond acceptors (Lipinski definition) is 5. The summed E-state index contributed by atoms with van der Waals surface area (Å²) >= 11 is 0. The molecular formula is C8H11N3O2. The molecule has 5 nitrogen and oxygen atoms in total. The average Bonchev–Trinajstić information content (AvgIpc) is 2.18. The van der Waals surface area contributed by atoms with Crippen molar-refractivity contribution < 1.29 is 9.57 Å². The van der Waals surface area contributed by atoms with Crippen molar-refractivity contribution in [3.8, 4) is 0 Å². The van der Waals surface area contributed by atoms with Gasteiger partial charge in [-0.05, 0) is 12.1 Å². The Morgan fingerprint density at radius 2 is 2.38 bits per heavy atom. The molecule has 0 aliphatic rings. The maximum Gasteiger partial charge on any atom is 0.256 e. The van der Waals surface area contributed by atoms with E-state index < -0.39 is 0 Å². The highest BCUT2D eigenvalue weighted by molar-refractivity contribution is 5.89. The summed E-state index contributed by atoms with van der Waals surface area (Å²) in [7, 11) is 1.58. The van der Waals surface area contributed by atoms with Crippen LogP contribution in [0.2, 0.25) is 0 Å². The first kappa shape index (κ1) is 9.63. The standard InChI is InChI=1S/C8H11N3O2/c1-12-5-6-3-2-4-7(11-6)8(9)13-10/h2-4,9H,5,10H2,1H3. The summed E-state index contributed by atoms with van der Waals surface area (Å²) in [4.78, 5) is 8.33. The molecule has 0 unspecified atom stereocenters. The molecule has 0 amide bonds. The van der Waals surface area contributed by atoms with Gasteiger partial charge in [0.1, 0.15) is 5.69 Å². The summed E-state index contributed by atoms with van der Waals surface area (Å²) in [5, 5.41) is 7.26. The maximum absolute atomic E-state index is 7.26. The molecule has 0 aliphatic carbocycles. The molecule has 1 aromatic rings. The number of nitrogens with one attached hydrogen (secondary N) is 1. The molecule has 0 radical (unpaired) electrons. The first-order chi connectivity index (χ1) is 6.27. The number of ether oxygens (including phenoxy) is 1. The van der Waals surface area contributed by atoms with Gasteiger partial charge in [0.15, 0.2) is 0 Å². The van der Waals surface area contributed by atoms with E-state index in [2.05, 4.69) is 9.82 Å². The smallest absolute Gasteiger partial charge is 0.256 e. The fourth-order valence-electron chi connectivity index (χ4n) is 0.895. The SMILES string of the molecule is COCc1cccc(C(=N)ON)n1. The van der Waals surface area contributed by atoms with Gasteiger partial charge in [-0.1, -0.05) is 6.07 Å². The highest BCUT2D eigenvalue weighted by atomic mass is 16.6. The van der Waals surface area contributed by atoms with Crippen molar-refractivity contribution in [1.82, 2.24) is 4.98 Å². The molecular weight excluding hydrogens is 170 g/mol. The summed E-state index contributed by atoms with van der Waals surface area (Å²) in [6.45, 7) is 0.408. The molecule has 3 N–H and O–H groups in total. The van der Waals surface area contributed by atoms with Crippen LogP contribution in [0.1, 0.15) is 11.4 Å². The molecule has 1 aromatic heterocycles. The Bertz CT molecular complexity index is 301. The normalized spacial score (nSPS) is 9.69. The van der Waals surface area contributed by atoms with Gasteiger partial charge in [-0.15, -0.1) is 0 Å². The van der Waals surface area contributed by atoms with E-state index in [-0.39, 0.29) is 5.90 Å². The highest BCUT2D eigenvalue weighted by Gasteiger charge is 2.03. The summed E-state index contributed by atoms with van der Waals surface area (Å²) in [5.74, 6) is 4.68. The van der Waals surface area contributed by atoms with Crippen LogP contribution in [0.25, 0.3) is 0 Å². The third kappa shape index (κ3) is 2.50. The second kappa shape index (κ2) is 4.54. The molecule has 1 heterocycles. The van der Waals surface area contributed by atoms with E-state index in [0.29, 0.717) is 12.3 Å². The Morgan fingerprint density at radius 3 is 3.00 bits per heavy atom. The number of nitrogens with two attached hydrogens (primary N) is 1. The molecule has 0 aromatic carbocycles. The molecule has 0 aliphatic heterocycles. The quantitative estimate of drug-likeness (QED) is 0.403. The van der Waals surface area contributed by atoms with E-state index in [1.807, 2.05) is 0 Å². The fraction of sp³-hybridized carbons (Fsp3) is 0.250. The lowest BCUT2D eigenvalue weighted by molar-refractivity contribution is 0.181. The average molecular weight is 181 g/mol. The number of pyridine rings is 1. The van der Waals surface area contributed by atoms with Crippen molar-refractivity contribution in [3.63, 3.8) is 0 Å². The Morgan fingerprint density at radius 1 is 1.62 bits per heavy atom. The van der Waals surface area contributed by atoms with Gasteiger partial charge in [-0.3, -0.25) is 5.41 Å². The van der Waals surface area contributed by atoms with Gasteiger partial charge in [-0.25, -0.2) is 4.98 Å². The van der Waals surface area contributed by atoms with Crippen molar-refractivity contribution in [1.29, 1.82) is 5.41 Å². The molecule has 0 atom stereocenters. The van der Waals surface area contributed by atoms with E-state index in [0.717, 1.165) is 5.69 Å². The van der Waals surface area contributed by atoms with Crippen LogP contribution < -0.4 is 5.90 Å². The van der Waals surface area contributed by atoms with Crippen LogP contribution in [0.5, 0.6) is 0 Å². The third-order valence-corrected chi connectivity index (χ3v) is 1.45. The summed E-state index contributed by atoms with van der Waals surface area (Å²) in [6.07, 6.45) is 0. The Balaban J connectivity index is 2.85. The number of methoxy groups -OCH3 is 1. The minimum atomic E-state index is -0.155. The first-order valence-corrected chi connectivity index (χ1v) is 3.68. The molecule has 0 spiro atoms. The van der Waals surface area contributed by atoms with Gasteiger partial charge in [-0.2, -0.15) is 5.90 Å². The monoisotopic (exact) mass is 181 g/mol. The predicted molar refractivity (Wildman–Crippen MR) is 47.1 cm³/mol. The van der Waals surface area contributed by atoms with E-state index in [1.165, 1.54) is 0 Å². The number of nitrogens with zero attached hydrogens (tertiary/aromatic N) is 1. The largest absolute Gasteiger partial charge is 0.389 e. The Kier molecular flexibility index (Phi) is 3.36. The second-order valence-corrected chi connectivity index (χ2v) is 2.39. The summed E-state index contributed by atoms with van der Waals surface area (Å²) in [5.41, 5.74) is 1.14. The van der Waals surface area contributed by atoms with Gasteiger partial charge in [0.25, 0.3) is 5.90 Å². The maximum atomic E-state index is 7.26. The number of aromatic nitrogens is 1. The first-order valence-electron chi connectivity index (χ1n) is 3.68. The molecule has 70 valence electrons.